The van der Waals surface area contributed by atoms with E-state index in [-0.39, 0.29) is 6.04 Å². The van der Waals surface area contributed by atoms with E-state index >= 15 is 0 Å². The first-order valence-electron chi connectivity index (χ1n) is 3.69. The van der Waals surface area contributed by atoms with E-state index in [1.165, 1.54) is 5.56 Å². The molecule has 0 fully saturated rings. The molecule has 0 unspecified atom stereocenters. The molecular formula is C9H11NO. The Kier molecular flexibility index (Phi) is 2.78. The summed E-state index contributed by atoms with van der Waals surface area (Å²) in [5.41, 5.74) is 1.17. The molecule has 1 aromatic rings. The van der Waals surface area contributed by atoms with Gasteiger partial charge in [-0.15, -0.1) is 0 Å². The molecule has 0 bridgehead atoms. The maximum Gasteiger partial charge on any atom is 0.0931 e. The second-order valence-corrected chi connectivity index (χ2v) is 2.64. The maximum atomic E-state index is 10.1. The van der Waals surface area contributed by atoms with Crippen LogP contribution >= 0.6 is 0 Å². The van der Waals surface area contributed by atoms with Crippen molar-refractivity contribution in [3.8, 4) is 0 Å². The van der Waals surface area contributed by atoms with Gasteiger partial charge in [0, 0.05) is 0 Å². The molecule has 0 amide bonds. The first-order chi connectivity index (χ1) is 5.33. The largest absolute Gasteiger partial charge is 0.151 e. The Morgan fingerprint density at radius 1 is 1.36 bits per heavy atom. The predicted octanol–water partition coefficient (Wildman–Crippen LogP) is 2.38. The Morgan fingerprint density at radius 3 is 2.55 bits per heavy atom. The molecule has 58 valence electrons. The van der Waals surface area contributed by atoms with Gasteiger partial charge in [0.25, 0.3) is 0 Å². The Morgan fingerprint density at radius 2 is 2.00 bits per heavy atom. The van der Waals surface area contributed by atoms with Gasteiger partial charge in [-0.1, -0.05) is 35.5 Å². The van der Waals surface area contributed by atoms with Gasteiger partial charge in [0.05, 0.1) is 6.04 Å². The molecule has 0 saturated carbocycles. The van der Waals surface area contributed by atoms with Crippen LogP contribution in [-0.2, 0) is 6.42 Å². The van der Waals surface area contributed by atoms with E-state index in [1.807, 2.05) is 37.3 Å². The first-order valence-corrected chi connectivity index (χ1v) is 3.69. The minimum Gasteiger partial charge on any atom is -0.151 e. The van der Waals surface area contributed by atoms with Crippen LogP contribution in [0.5, 0.6) is 0 Å². The fourth-order valence-electron chi connectivity index (χ4n) is 0.992. The molecule has 0 heterocycles. The zero-order chi connectivity index (χ0) is 8.10. The summed E-state index contributed by atoms with van der Waals surface area (Å²) in [5.74, 6) is 0. The van der Waals surface area contributed by atoms with Crippen molar-refractivity contribution in [2.75, 3.05) is 0 Å². The summed E-state index contributed by atoms with van der Waals surface area (Å²) in [6.07, 6.45) is 0.740. The van der Waals surface area contributed by atoms with Gasteiger partial charge in [0.1, 0.15) is 0 Å². The van der Waals surface area contributed by atoms with E-state index in [2.05, 4.69) is 5.18 Å². The van der Waals surface area contributed by atoms with Crippen LogP contribution in [0.2, 0.25) is 0 Å². The Hall–Kier alpha value is -1.18. The monoisotopic (exact) mass is 149 g/mol. The van der Waals surface area contributed by atoms with Crippen LogP contribution in [0.4, 0.5) is 0 Å². The van der Waals surface area contributed by atoms with E-state index < -0.39 is 0 Å². The summed E-state index contributed by atoms with van der Waals surface area (Å²) in [6.45, 7) is 1.82. The minimum absolute atomic E-state index is 0.114. The van der Waals surface area contributed by atoms with Gasteiger partial charge < -0.3 is 0 Å². The fraction of sp³-hybridized carbons (Fsp3) is 0.333. The van der Waals surface area contributed by atoms with Crippen molar-refractivity contribution >= 4 is 0 Å². The van der Waals surface area contributed by atoms with E-state index in [0.717, 1.165) is 6.42 Å². The van der Waals surface area contributed by atoms with Gasteiger partial charge in [-0.05, 0) is 18.9 Å². The summed E-state index contributed by atoms with van der Waals surface area (Å²) >= 11 is 0. The molecule has 0 aromatic heterocycles. The van der Waals surface area contributed by atoms with Gasteiger partial charge >= 0.3 is 0 Å². The van der Waals surface area contributed by atoms with E-state index in [9.17, 15) is 4.91 Å². The molecule has 0 aliphatic heterocycles. The van der Waals surface area contributed by atoms with Crippen LogP contribution in [0.3, 0.4) is 0 Å². The lowest BCUT2D eigenvalue weighted by Gasteiger charge is -2.00. The summed E-state index contributed by atoms with van der Waals surface area (Å²) in [4.78, 5) is 10.1. The zero-order valence-corrected chi connectivity index (χ0v) is 6.53. The smallest absolute Gasteiger partial charge is 0.0931 e. The van der Waals surface area contributed by atoms with Gasteiger partial charge in [-0.2, -0.15) is 4.91 Å². The topological polar surface area (TPSA) is 29.4 Å². The highest BCUT2D eigenvalue weighted by Crippen LogP contribution is 2.04. The predicted molar refractivity (Wildman–Crippen MR) is 45.4 cm³/mol. The maximum absolute atomic E-state index is 10.1. The van der Waals surface area contributed by atoms with Gasteiger partial charge in [-0.25, -0.2) is 0 Å². The van der Waals surface area contributed by atoms with Gasteiger partial charge in [0.2, 0.25) is 0 Å². The standard InChI is InChI=1S/C9H11NO/c1-8(10-11)7-9-5-3-2-4-6-9/h2-6,8H,7H2,1H3/t8-/m0/s1. The van der Waals surface area contributed by atoms with Crippen LogP contribution in [-0.4, -0.2) is 6.04 Å². The fourth-order valence-corrected chi connectivity index (χ4v) is 0.992. The molecule has 11 heavy (non-hydrogen) atoms. The number of rotatable bonds is 3. The van der Waals surface area contributed by atoms with E-state index in [4.69, 9.17) is 0 Å². The number of benzene rings is 1. The lowest BCUT2D eigenvalue weighted by molar-refractivity contribution is 0.734. The summed E-state index contributed by atoms with van der Waals surface area (Å²) in [6, 6.07) is 9.78. The van der Waals surface area contributed by atoms with Crippen molar-refractivity contribution < 1.29 is 0 Å². The average Bonchev–Trinajstić information content (AvgIpc) is 2.06. The molecule has 1 atom stereocenters. The van der Waals surface area contributed by atoms with Gasteiger partial charge in [0.15, 0.2) is 0 Å². The van der Waals surface area contributed by atoms with Crippen molar-refractivity contribution in [3.05, 3.63) is 40.8 Å². The molecule has 0 spiro atoms. The van der Waals surface area contributed by atoms with Crippen molar-refractivity contribution in [3.63, 3.8) is 0 Å². The number of nitrogens with zero attached hydrogens (tertiary/aromatic N) is 1. The highest BCUT2D eigenvalue weighted by atomic mass is 16.3. The quantitative estimate of drug-likeness (QED) is 0.607. The molecule has 0 N–H and O–H groups in total. The molecule has 1 rings (SSSR count). The number of nitroso groups, excluding NO2 is 1. The minimum atomic E-state index is -0.114. The van der Waals surface area contributed by atoms with Crippen molar-refractivity contribution in [2.45, 2.75) is 19.4 Å². The lowest BCUT2D eigenvalue weighted by atomic mass is 10.1. The van der Waals surface area contributed by atoms with Crippen LogP contribution < -0.4 is 0 Å². The third-order valence-corrected chi connectivity index (χ3v) is 1.55. The molecule has 0 aliphatic rings. The van der Waals surface area contributed by atoms with Crippen molar-refractivity contribution in [2.24, 2.45) is 5.18 Å². The summed E-state index contributed by atoms with van der Waals surface area (Å²) < 4.78 is 0. The second-order valence-electron chi connectivity index (χ2n) is 2.64. The summed E-state index contributed by atoms with van der Waals surface area (Å²) in [5, 5.41) is 2.93. The zero-order valence-electron chi connectivity index (χ0n) is 6.53. The molecule has 0 radical (unpaired) electrons. The van der Waals surface area contributed by atoms with Gasteiger partial charge in [-0.3, -0.25) is 0 Å². The third-order valence-electron chi connectivity index (χ3n) is 1.55. The van der Waals surface area contributed by atoms with Crippen LogP contribution in [0.25, 0.3) is 0 Å². The Labute approximate surface area is 66.2 Å². The third kappa shape index (κ3) is 2.50. The lowest BCUT2D eigenvalue weighted by Crippen LogP contribution is -2.00. The van der Waals surface area contributed by atoms with E-state index in [0.29, 0.717) is 0 Å². The Bertz CT molecular complexity index is 220. The molecular weight excluding hydrogens is 138 g/mol. The Balaban J connectivity index is 2.57. The van der Waals surface area contributed by atoms with Crippen molar-refractivity contribution in [1.29, 1.82) is 0 Å². The molecule has 1 aromatic carbocycles. The summed E-state index contributed by atoms with van der Waals surface area (Å²) in [7, 11) is 0. The van der Waals surface area contributed by atoms with E-state index in [1.54, 1.807) is 0 Å². The normalized spacial score (nSPS) is 12.5. The average molecular weight is 149 g/mol. The molecule has 0 saturated heterocycles. The van der Waals surface area contributed by atoms with Crippen LogP contribution in [0, 0.1) is 4.91 Å². The molecule has 0 aliphatic carbocycles. The number of hydrogen-bond acceptors (Lipinski definition) is 2. The SMILES string of the molecule is C[C@@H](Cc1ccccc1)N=O. The first kappa shape index (κ1) is 7.92. The molecule has 2 nitrogen and oxygen atoms in total. The van der Waals surface area contributed by atoms with Crippen LogP contribution in [0.1, 0.15) is 12.5 Å². The van der Waals surface area contributed by atoms with Crippen LogP contribution in [0.15, 0.2) is 35.5 Å². The highest BCUT2D eigenvalue weighted by molar-refractivity contribution is 5.15. The number of hydrogen-bond donors (Lipinski definition) is 0. The van der Waals surface area contributed by atoms with Crippen molar-refractivity contribution in [1.82, 2.24) is 0 Å². The molecule has 2 heteroatoms. The second kappa shape index (κ2) is 3.86. The highest BCUT2D eigenvalue weighted by Gasteiger charge is 2.00.